The Kier molecular flexibility index (Phi) is 18.8. The molecule has 0 saturated carbocycles. The minimum Gasteiger partial charge on any atom is -0.494 e. The summed E-state index contributed by atoms with van der Waals surface area (Å²) in [7, 11) is 0. The Bertz CT molecular complexity index is 1600. The van der Waals surface area contributed by atoms with Crippen LogP contribution in [0.25, 0.3) is 10.1 Å². The van der Waals surface area contributed by atoms with Gasteiger partial charge in [-0.15, -0.1) is 11.3 Å². The molecule has 3 aromatic rings. The van der Waals surface area contributed by atoms with Crippen LogP contribution in [0.2, 0.25) is 0 Å². The number of ether oxygens (including phenoxy) is 2. The number of anilines is 2. The lowest BCUT2D eigenvalue weighted by Gasteiger charge is -2.38. The second kappa shape index (κ2) is 24.0. The van der Waals surface area contributed by atoms with Crippen LogP contribution in [0.15, 0.2) is 47.8 Å². The lowest BCUT2D eigenvalue weighted by molar-refractivity contribution is -0.144. The number of esters is 1. The molecule has 0 N–H and O–H groups in total. The van der Waals surface area contributed by atoms with Gasteiger partial charge >= 0.3 is 5.97 Å². The molecule has 2 aliphatic rings. The molecule has 0 bridgehead atoms. The zero-order chi connectivity index (χ0) is 39.4. The molecule has 2 aromatic carbocycles. The summed E-state index contributed by atoms with van der Waals surface area (Å²) >= 11 is 1.81. The summed E-state index contributed by atoms with van der Waals surface area (Å²) in [5.74, 6) is 0.515. The van der Waals surface area contributed by atoms with Crippen molar-refractivity contribution in [3.05, 3.63) is 53.4 Å². The van der Waals surface area contributed by atoms with E-state index >= 15 is 0 Å². The fourth-order valence-corrected chi connectivity index (χ4v) is 9.35. The van der Waals surface area contributed by atoms with E-state index in [2.05, 4.69) is 66.3 Å². The first kappa shape index (κ1) is 44.0. The fourth-order valence-electron chi connectivity index (χ4n) is 8.54. The molecule has 1 amide bonds. The third-order valence-electron chi connectivity index (χ3n) is 12.0. The highest BCUT2D eigenvalue weighted by molar-refractivity contribution is 7.17. The van der Waals surface area contributed by atoms with Crippen molar-refractivity contribution >= 4 is 44.7 Å². The van der Waals surface area contributed by atoms with Crippen LogP contribution >= 0.6 is 11.3 Å². The average molecular weight is 788 g/mol. The number of unbranched alkanes of at least 4 members (excludes halogenated alkanes) is 17. The number of nitrogens with zero attached hydrogens (tertiary/aromatic N) is 3. The van der Waals surface area contributed by atoms with Crippen molar-refractivity contribution in [2.24, 2.45) is 0 Å². The Morgan fingerprint density at radius 1 is 0.732 bits per heavy atom. The molecular weight excluding hydrogens is 715 g/mol. The number of amides is 1. The second-order valence-corrected chi connectivity index (χ2v) is 18.1. The van der Waals surface area contributed by atoms with Crippen LogP contribution in [0.4, 0.5) is 11.4 Å². The van der Waals surface area contributed by atoms with E-state index < -0.39 is 0 Å². The lowest BCUT2D eigenvalue weighted by Crippen LogP contribution is -2.46. The molecule has 0 atom stereocenters. The Balaban J connectivity index is 0.924. The Morgan fingerprint density at radius 2 is 1.38 bits per heavy atom. The molecule has 310 valence electrons. The SMILES string of the molecule is CCCCCCCCCCCCCCCCCCCC(=O)OCN1C(=O)CC(C)(C)c2ccc(OCCCCN3CCN(c4cccc5sccc45)CC3)cc21. The number of carbonyl (C=O) groups excluding carboxylic acids is 2. The highest BCUT2D eigenvalue weighted by atomic mass is 32.1. The fraction of sp³-hybridized carbons (Fsp3) is 0.667. The summed E-state index contributed by atoms with van der Waals surface area (Å²) in [5, 5.41) is 3.56. The predicted molar refractivity (Wildman–Crippen MR) is 237 cm³/mol. The normalized spacial score (nSPS) is 15.7. The van der Waals surface area contributed by atoms with Gasteiger partial charge in [-0.3, -0.25) is 19.4 Å². The monoisotopic (exact) mass is 788 g/mol. The molecule has 56 heavy (non-hydrogen) atoms. The summed E-state index contributed by atoms with van der Waals surface area (Å²) in [6.45, 7) is 12.4. The van der Waals surface area contributed by atoms with Crippen molar-refractivity contribution in [1.29, 1.82) is 0 Å². The van der Waals surface area contributed by atoms with Crippen molar-refractivity contribution in [1.82, 2.24) is 4.90 Å². The molecule has 8 heteroatoms. The smallest absolute Gasteiger partial charge is 0.307 e. The number of hydrogen-bond acceptors (Lipinski definition) is 7. The Morgan fingerprint density at radius 3 is 2.04 bits per heavy atom. The highest BCUT2D eigenvalue weighted by Gasteiger charge is 2.37. The quantitative estimate of drug-likeness (QED) is 0.0566. The number of rotatable bonds is 27. The van der Waals surface area contributed by atoms with Gasteiger partial charge in [-0.2, -0.15) is 0 Å². The van der Waals surface area contributed by atoms with Gasteiger partial charge in [0, 0.05) is 66.3 Å². The van der Waals surface area contributed by atoms with Crippen LogP contribution in [0.3, 0.4) is 0 Å². The number of fused-ring (bicyclic) bond motifs is 2. The maximum Gasteiger partial charge on any atom is 0.307 e. The van der Waals surface area contributed by atoms with Gasteiger partial charge in [0.2, 0.25) is 5.91 Å². The van der Waals surface area contributed by atoms with E-state index in [-0.39, 0.29) is 24.0 Å². The zero-order valence-electron chi connectivity index (χ0n) is 35.3. The molecule has 1 saturated heterocycles. The maximum absolute atomic E-state index is 13.3. The van der Waals surface area contributed by atoms with Crippen molar-refractivity contribution in [3.8, 4) is 5.75 Å². The van der Waals surface area contributed by atoms with Gasteiger partial charge in [-0.25, -0.2) is 0 Å². The highest BCUT2D eigenvalue weighted by Crippen LogP contribution is 2.42. The van der Waals surface area contributed by atoms with Crippen molar-refractivity contribution in [2.75, 3.05) is 55.9 Å². The third kappa shape index (κ3) is 14.1. The number of benzene rings is 2. The van der Waals surface area contributed by atoms with E-state index in [0.29, 0.717) is 19.4 Å². The number of carbonyl (C=O) groups is 2. The summed E-state index contributed by atoms with van der Waals surface area (Å²) in [6.07, 6.45) is 25.2. The van der Waals surface area contributed by atoms with Gasteiger partial charge in [0.25, 0.3) is 0 Å². The van der Waals surface area contributed by atoms with Gasteiger partial charge in [0.15, 0.2) is 6.73 Å². The van der Waals surface area contributed by atoms with Crippen LogP contribution in [0, 0.1) is 0 Å². The van der Waals surface area contributed by atoms with Crippen molar-refractivity contribution in [3.63, 3.8) is 0 Å². The van der Waals surface area contributed by atoms with E-state index in [0.717, 1.165) is 75.4 Å². The van der Waals surface area contributed by atoms with E-state index in [1.807, 2.05) is 23.5 Å². The molecule has 1 fully saturated rings. The van der Waals surface area contributed by atoms with Crippen molar-refractivity contribution < 1.29 is 19.1 Å². The maximum atomic E-state index is 13.3. The summed E-state index contributed by atoms with van der Waals surface area (Å²) in [5.41, 5.74) is 2.96. The summed E-state index contributed by atoms with van der Waals surface area (Å²) in [6, 6.07) is 15.0. The molecule has 0 radical (unpaired) electrons. The zero-order valence-corrected chi connectivity index (χ0v) is 36.1. The largest absolute Gasteiger partial charge is 0.494 e. The molecule has 0 unspecified atom stereocenters. The van der Waals surface area contributed by atoms with Crippen LogP contribution < -0.4 is 14.5 Å². The molecule has 0 aliphatic carbocycles. The van der Waals surface area contributed by atoms with E-state index in [1.54, 1.807) is 4.90 Å². The Hall–Kier alpha value is -3.10. The predicted octanol–water partition coefficient (Wildman–Crippen LogP) is 12.4. The van der Waals surface area contributed by atoms with Gasteiger partial charge in [0.05, 0.1) is 12.3 Å². The van der Waals surface area contributed by atoms with E-state index in [1.165, 1.54) is 112 Å². The van der Waals surface area contributed by atoms with E-state index in [9.17, 15) is 9.59 Å². The topological polar surface area (TPSA) is 62.3 Å². The second-order valence-electron chi connectivity index (χ2n) is 17.1. The Labute approximate surface area is 343 Å². The van der Waals surface area contributed by atoms with Crippen LogP contribution in [-0.4, -0.2) is 62.8 Å². The average Bonchev–Trinajstić information content (AvgIpc) is 3.68. The molecule has 2 aliphatic heterocycles. The minimum absolute atomic E-state index is 0.0163. The first-order chi connectivity index (χ1) is 27.4. The van der Waals surface area contributed by atoms with Crippen LogP contribution in [-0.2, 0) is 19.7 Å². The van der Waals surface area contributed by atoms with Crippen molar-refractivity contribution in [2.45, 2.75) is 161 Å². The van der Waals surface area contributed by atoms with E-state index in [4.69, 9.17) is 9.47 Å². The number of piperazine rings is 1. The summed E-state index contributed by atoms with van der Waals surface area (Å²) in [4.78, 5) is 32.7. The summed E-state index contributed by atoms with van der Waals surface area (Å²) < 4.78 is 13.3. The molecule has 0 spiro atoms. The molecule has 5 rings (SSSR count). The van der Waals surface area contributed by atoms with Gasteiger partial charge < -0.3 is 14.4 Å². The molecule has 1 aromatic heterocycles. The van der Waals surface area contributed by atoms with Crippen LogP contribution in [0.5, 0.6) is 5.75 Å². The third-order valence-corrected chi connectivity index (χ3v) is 12.9. The van der Waals surface area contributed by atoms with Gasteiger partial charge in [-0.05, 0) is 61.0 Å². The standard InChI is InChI=1S/C48H73N3O4S/c1-4-5-6-7-8-9-10-11-12-13-14-15-16-17-18-19-20-26-47(53)55-39-51-44-37-40(27-28-42(44)48(2,3)38-46(51)52)54-35-22-21-30-49-31-33-50(34-32-49)43-24-23-25-45-41(43)29-36-56-45/h23-25,27-29,36-37H,4-22,26,30-35,38-39H2,1-3H3. The minimum atomic E-state index is -0.293. The lowest BCUT2D eigenvalue weighted by atomic mass is 9.77. The molecular formula is C48H73N3O4S. The van der Waals surface area contributed by atoms with Gasteiger partial charge in [-0.1, -0.05) is 136 Å². The van der Waals surface area contributed by atoms with Gasteiger partial charge in [0.1, 0.15) is 5.75 Å². The molecule has 3 heterocycles. The first-order valence-electron chi connectivity index (χ1n) is 22.5. The number of hydrogen-bond donors (Lipinski definition) is 0. The molecule has 7 nitrogen and oxygen atoms in total. The van der Waals surface area contributed by atoms with Crippen LogP contribution in [0.1, 0.15) is 161 Å². The first-order valence-corrected chi connectivity index (χ1v) is 23.4. The number of thiophene rings is 1.